The van der Waals surface area contributed by atoms with Gasteiger partial charge in [0.05, 0.1) is 4.90 Å². The van der Waals surface area contributed by atoms with Gasteiger partial charge in [0.25, 0.3) is 0 Å². The van der Waals surface area contributed by atoms with Gasteiger partial charge in [-0.1, -0.05) is 30.3 Å². The van der Waals surface area contributed by atoms with E-state index in [0.29, 0.717) is 11.6 Å². The average Bonchev–Trinajstić information content (AvgIpc) is 2.54. The third kappa shape index (κ3) is 4.36. The average molecular weight is 354 g/mol. The highest BCUT2D eigenvalue weighted by Gasteiger charge is 2.26. The SMILES string of the molecule is NC(=O)CCN(Cc1ccccc1)S(=O)(=O)c1ccc(F)c(F)c1. The highest BCUT2D eigenvalue weighted by Crippen LogP contribution is 2.21. The van der Waals surface area contributed by atoms with Gasteiger partial charge in [0.1, 0.15) is 0 Å². The Kier molecular flexibility index (Phi) is 5.63. The summed E-state index contributed by atoms with van der Waals surface area (Å²) < 4.78 is 52.8. The number of sulfonamides is 1. The van der Waals surface area contributed by atoms with Crippen molar-refractivity contribution in [3.05, 3.63) is 65.7 Å². The Labute approximate surface area is 138 Å². The minimum atomic E-state index is -4.12. The largest absolute Gasteiger partial charge is 0.370 e. The van der Waals surface area contributed by atoms with Crippen LogP contribution in [0.3, 0.4) is 0 Å². The van der Waals surface area contributed by atoms with Crippen LogP contribution in [0.4, 0.5) is 8.78 Å². The number of nitrogens with zero attached hydrogens (tertiary/aromatic N) is 1. The van der Waals surface area contributed by atoms with E-state index in [0.717, 1.165) is 16.4 Å². The molecule has 5 nitrogen and oxygen atoms in total. The number of halogens is 2. The molecule has 0 aliphatic carbocycles. The number of primary amides is 1. The molecule has 0 saturated heterocycles. The van der Waals surface area contributed by atoms with Crippen molar-refractivity contribution >= 4 is 15.9 Å². The van der Waals surface area contributed by atoms with Crippen molar-refractivity contribution in [1.29, 1.82) is 0 Å². The van der Waals surface area contributed by atoms with Crippen molar-refractivity contribution in [1.82, 2.24) is 4.31 Å². The number of amides is 1. The summed E-state index contributed by atoms with van der Waals surface area (Å²) >= 11 is 0. The van der Waals surface area contributed by atoms with Gasteiger partial charge in [-0.15, -0.1) is 0 Å². The number of rotatable bonds is 7. The van der Waals surface area contributed by atoms with Gasteiger partial charge in [0, 0.05) is 19.5 Å². The molecule has 2 aromatic carbocycles. The lowest BCUT2D eigenvalue weighted by molar-refractivity contribution is -0.118. The van der Waals surface area contributed by atoms with E-state index in [-0.39, 0.29) is 24.4 Å². The lowest BCUT2D eigenvalue weighted by atomic mass is 10.2. The second-order valence-corrected chi connectivity index (χ2v) is 7.05. The summed E-state index contributed by atoms with van der Waals surface area (Å²) in [5.74, 6) is -3.06. The first kappa shape index (κ1) is 18.0. The lowest BCUT2D eigenvalue weighted by Gasteiger charge is -2.22. The second-order valence-electron chi connectivity index (χ2n) is 5.12. The number of hydrogen-bond acceptors (Lipinski definition) is 3. The van der Waals surface area contributed by atoms with Gasteiger partial charge in [0.2, 0.25) is 15.9 Å². The molecule has 2 rings (SSSR count). The third-order valence-electron chi connectivity index (χ3n) is 3.34. The van der Waals surface area contributed by atoms with E-state index in [1.54, 1.807) is 30.3 Å². The van der Waals surface area contributed by atoms with Crippen LogP contribution in [0.1, 0.15) is 12.0 Å². The zero-order valence-electron chi connectivity index (χ0n) is 12.7. The Balaban J connectivity index is 2.36. The van der Waals surface area contributed by atoms with E-state index in [2.05, 4.69) is 0 Å². The van der Waals surface area contributed by atoms with Gasteiger partial charge in [-0.3, -0.25) is 4.79 Å². The Hall–Kier alpha value is -2.32. The van der Waals surface area contributed by atoms with Crippen LogP contribution in [-0.2, 0) is 21.4 Å². The van der Waals surface area contributed by atoms with E-state index in [4.69, 9.17) is 5.73 Å². The molecule has 0 bridgehead atoms. The molecule has 8 heteroatoms. The highest BCUT2D eigenvalue weighted by atomic mass is 32.2. The van der Waals surface area contributed by atoms with Crippen LogP contribution in [0.25, 0.3) is 0 Å². The van der Waals surface area contributed by atoms with Gasteiger partial charge < -0.3 is 5.73 Å². The molecule has 0 aromatic heterocycles. The van der Waals surface area contributed by atoms with Crippen LogP contribution in [-0.4, -0.2) is 25.2 Å². The quantitative estimate of drug-likeness (QED) is 0.826. The molecule has 0 aliphatic rings. The van der Waals surface area contributed by atoms with Crippen LogP contribution in [0.5, 0.6) is 0 Å². The Morgan fingerprint density at radius 1 is 1.04 bits per heavy atom. The first-order chi connectivity index (χ1) is 11.3. The third-order valence-corrected chi connectivity index (χ3v) is 5.18. The van der Waals surface area contributed by atoms with E-state index < -0.39 is 27.6 Å². The predicted molar refractivity (Wildman–Crippen MR) is 84.2 cm³/mol. The van der Waals surface area contributed by atoms with Crippen molar-refractivity contribution < 1.29 is 22.0 Å². The molecule has 0 aliphatic heterocycles. The first-order valence-electron chi connectivity index (χ1n) is 7.08. The van der Waals surface area contributed by atoms with Crippen molar-refractivity contribution in [2.24, 2.45) is 5.73 Å². The minimum absolute atomic E-state index is 0.0184. The van der Waals surface area contributed by atoms with Crippen molar-refractivity contribution in [3.8, 4) is 0 Å². The lowest BCUT2D eigenvalue weighted by Crippen LogP contribution is -2.33. The molecule has 0 saturated carbocycles. The highest BCUT2D eigenvalue weighted by molar-refractivity contribution is 7.89. The summed E-state index contributed by atoms with van der Waals surface area (Å²) in [5.41, 5.74) is 5.78. The van der Waals surface area contributed by atoms with Crippen molar-refractivity contribution in [2.75, 3.05) is 6.54 Å². The molecule has 24 heavy (non-hydrogen) atoms. The second kappa shape index (κ2) is 7.50. The topological polar surface area (TPSA) is 80.5 Å². The minimum Gasteiger partial charge on any atom is -0.370 e. The van der Waals surface area contributed by atoms with E-state index in [1.807, 2.05) is 0 Å². The molecule has 0 unspecified atom stereocenters. The van der Waals surface area contributed by atoms with E-state index in [1.165, 1.54) is 0 Å². The fraction of sp³-hybridized carbons (Fsp3) is 0.188. The zero-order valence-corrected chi connectivity index (χ0v) is 13.5. The number of benzene rings is 2. The molecular weight excluding hydrogens is 338 g/mol. The van der Waals surface area contributed by atoms with Gasteiger partial charge in [-0.05, 0) is 23.8 Å². The maximum Gasteiger partial charge on any atom is 0.243 e. The molecule has 0 spiro atoms. The smallest absolute Gasteiger partial charge is 0.243 e. The molecule has 0 atom stereocenters. The monoisotopic (exact) mass is 354 g/mol. The predicted octanol–water partition coefficient (Wildman–Crippen LogP) is 2.03. The fourth-order valence-electron chi connectivity index (χ4n) is 2.09. The van der Waals surface area contributed by atoms with Crippen molar-refractivity contribution in [3.63, 3.8) is 0 Å². The molecule has 0 heterocycles. The molecule has 2 aromatic rings. The Bertz CT molecular complexity index is 826. The summed E-state index contributed by atoms with van der Waals surface area (Å²) in [6, 6.07) is 11.1. The maximum absolute atomic E-state index is 13.4. The Morgan fingerprint density at radius 3 is 2.29 bits per heavy atom. The summed E-state index contributed by atoms with van der Waals surface area (Å²) in [5, 5.41) is 0. The summed E-state index contributed by atoms with van der Waals surface area (Å²) in [6.45, 7) is -0.180. The van der Waals surface area contributed by atoms with Gasteiger partial charge in [-0.2, -0.15) is 4.31 Å². The fourth-order valence-corrected chi connectivity index (χ4v) is 3.53. The van der Waals surface area contributed by atoms with Crippen LogP contribution in [0.2, 0.25) is 0 Å². The molecule has 2 N–H and O–H groups in total. The van der Waals surface area contributed by atoms with E-state index in [9.17, 15) is 22.0 Å². The molecule has 1 amide bonds. The maximum atomic E-state index is 13.4. The molecule has 0 fully saturated rings. The van der Waals surface area contributed by atoms with E-state index >= 15 is 0 Å². The number of carbonyl (C=O) groups excluding carboxylic acids is 1. The van der Waals surface area contributed by atoms with Crippen molar-refractivity contribution in [2.45, 2.75) is 17.9 Å². The number of hydrogen-bond donors (Lipinski definition) is 1. The van der Waals surface area contributed by atoms with Crippen LogP contribution in [0.15, 0.2) is 53.4 Å². The van der Waals surface area contributed by atoms with Gasteiger partial charge in [-0.25, -0.2) is 17.2 Å². The van der Waals surface area contributed by atoms with Gasteiger partial charge >= 0.3 is 0 Å². The molecule has 128 valence electrons. The summed E-state index contributed by atoms with van der Waals surface area (Å²) in [4.78, 5) is 10.6. The normalized spacial score (nSPS) is 11.6. The first-order valence-corrected chi connectivity index (χ1v) is 8.52. The zero-order chi connectivity index (χ0) is 17.7. The van der Waals surface area contributed by atoms with Gasteiger partial charge in [0.15, 0.2) is 11.6 Å². The van der Waals surface area contributed by atoms with Crippen LogP contribution < -0.4 is 5.73 Å². The summed E-state index contributed by atoms with van der Waals surface area (Å²) in [7, 11) is -4.12. The Morgan fingerprint density at radius 2 is 1.71 bits per heavy atom. The standard InChI is InChI=1S/C16H16F2N2O3S/c17-14-7-6-13(10-15(14)18)24(22,23)20(9-8-16(19)21)11-12-4-2-1-3-5-12/h1-7,10H,8-9,11H2,(H2,19,21). The molecular formula is C16H16F2N2O3S. The van der Waals surface area contributed by atoms with Crippen LogP contribution >= 0.6 is 0 Å². The van der Waals surface area contributed by atoms with Crippen LogP contribution in [0, 0.1) is 11.6 Å². The number of nitrogens with two attached hydrogens (primary N) is 1. The summed E-state index contributed by atoms with van der Waals surface area (Å²) in [6.07, 6.45) is -0.185. The molecule has 0 radical (unpaired) electrons. The number of carbonyl (C=O) groups is 1.